The summed E-state index contributed by atoms with van der Waals surface area (Å²) in [6.07, 6.45) is 6.05. The van der Waals surface area contributed by atoms with Gasteiger partial charge in [-0.1, -0.05) is 63.1 Å². The van der Waals surface area contributed by atoms with Gasteiger partial charge in [0.2, 0.25) is 0 Å². The van der Waals surface area contributed by atoms with Crippen LogP contribution in [0.25, 0.3) is 5.57 Å². The molecule has 0 bridgehead atoms. The molecule has 1 unspecified atom stereocenters. The van der Waals surface area contributed by atoms with E-state index in [9.17, 15) is 4.79 Å². The average Bonchev–Trinajstić information content (AvgIpc) is 2.45. The van der Waals surface area contributed by atoms with Crippen LogP contribution < -0.4 is 0 Å². The molecule has 0 heterocycles. The predicted molar refractivity (Wildman–Crippen MR) is 83.0 cm³/mol. The van der Waals surface area contributed by atoms with Crippen LogP contribution in [0.5, 0.6) is 0 Å². The second kappa shape index (κ2) is 8.68. The molecule has 0 spiro atoms. The van der Waals surface area contributed by atoms with Crippen molar-refractivity contribution in [3.63, 3.8) is 0 Å². The summed E-state index contributed by atoms with van der Waals surface area (Å²) in [7, 11) is 0. The third-order valence-corrected chi connectivity index (χ3v) is 3.76. The Morgan fingerprint density at radius 1 is 1.11 bits per heavy atom. The van der Waals surface area contributed by atoms with Gasteiger partial charge in [0.05, 0.1) is 0 Å². The quantitative estimate of drug-likeness (QED) is 0.581. The first-order valence-corrected chi connectivity index (χ1v) is 7.49. The third-order valence-electron chi connectivity index (χ3n) is 3.76. The lowest BCUT2D eigenvalue weighted by molar-refractivity contribution is -0.108. The van der Waals surface area contributed by atoms with Crippen molar-refractivity contribution < 1.29 is 4.79 Å². The van der Waals surface area contributed by atoms with E-state index in [2.05, 4.69) is 51.1 Å². The van der Waals surface area contributed by atoms with Gasteiger partial charge < -0.3 is 4.79 Å². The van der Waals surface area contributed by atoms with Crippen molar-refractivity contribution in [1.29, 1.82) is 0 Å². The molecule has 0 aliphatic rings. The summed E-state index contributed by atoms with van der Waals surface area (Å²) >= 11 is 0. The van der Waals surface area contributed by atoms with E-state index in [1.165, 1.54) is 16.7 Å². The summed E-state index contributed by atoms with van der Waals surface area (Å²) < 4.78 is 0. The fourth-order valence-corrected chi connectivity index (χ4v) is 2.90. The fourth-order valence-electron chi connectivity index (χ4n) is 2.90. The summed E-state index contributed by atoms with van der Waals surface area (Å²) in [5.41, 5.74) is 4.22. The zero-order chi connectivity index (χ0) is 14.1. The zero-order valence-electron chi connectivity index (χ0n) is 12.5. The minimum atomic E-state index is 0.419. The maximum Gasteiger partial charge on any atom is 0.120 e. The Bertz CT molecular complexity index is 403. The average molecular weight is 258 g/mol. The zero-order valence-corrected chi connectivity index (χ0v) is 12.5. The molecule has 1 heteroatoms. The second-order valence-corrected chi connectivity index (χ2v) is 4.96. The predicted octanol–water partition coefficient (Wildman–Crippen LogP) is 5.27. The van der Waals surface area contributed by atoms with Gasteiger partial charge in [-0.3, -0.25) is 0 Å². The second-order valence-electron chi connectivity index (χ2n) is 4.96. The Morgan fingerprint density at radius 3 is 2.26 bits per heavy atom. The van der Waals surface area contributed by atoms with E-state index in [-0.39, 0.29) is 0 Å². The van der Waals surface area contributed by atoms with E-state index < -0.39 is 0 Å². The van der Waals surface area contributed by atoms with Crippen LogP contribution in [0.4, 0.5) is 0 Å². The highest BCUT2D eigenvalue weighted by Crippen LogP contribution is 2.32. The number of aldehydes is 1. The maximum absolute atomic E-state index is 10.9. The molecular weight excluding hydrogens is 232 g/mol. The van der Waals surface area contributed by atoms with Gasteiger partial charge in [-0.25, -0.2) is 0 Å². The van der Waals surface area contributed by atoms with E-state index in [0.29, 0.717) is 12.3 Å². The molecule has 19 heavy (non-hydrogen) atoms. The maximum atomic E-state index is 10.9. The first-order chi connectivity index (χ1) is 9.28. The van der Waals surface area contributed by atoms with Gasteiger partial charge in [0.15, 0.2) is 0 Å². The monoisotopic (exact) mass is 258 g/mol. The number of carbonyl (C=O) groups is 1. The van der Waals surface area contributed by atoms with Crippen molar-refractivity contribution in [1.82, 2.24) is 0 Å². The highest BCUT2D eigenvalue weighted by atomic mass is 16.1. The van der Waals surface area contributed by atoms with Gasteiger partial charge in [0, 0.05) is 6.42 Å². The van der Waals surface area contributed by atoms with E-state index in [0.717, 1.165) is 32.0 Å². The molecule has 0 radical (unpaired) electrons. The van der Waals surface area contributed by atoms with E-state index >= 15 is 0 Å². The van der Waals surface area contributed by atoms with Crippen LogP contribution in [0, 0.1) is 5.92 Å². The Morgan fingerprint density at radius 2 is 1.79 bits per heavy atom. The van der Waals surface area contributed by atoms with Crippen LogP contribution in [0.3, 0.4) is 0 Å². The molecule has 0 saturated carbocycles. The lowest BCUT2D eigenvalue weighted by atomic mass is 9.83. The van der Waals surface area contributed by atoms with Gasteiger partial charge in [0.25, 0.3) is 0 Å². The number of carbonyl (C=O) groups excluding carboxylic acids is 1. The van der Waals surface area contributed by atoms with E-state index in [1.807, 2.05) is 0 Å². The highest BCUT2D eigenvalue weighted by molar-refractivity contribution is 5.69. The lowest BCUT2D eigenvalue weighted by Gasteiger charge is -2.21. The van der Waals surface area contributed by atoms with Gasteiger partial charge in [0.1, 0.15) is 6.29 Å². The summed E-state index contributed by atoms with van der Waals surface area (Å²) in [6.45, 7) is 6.61. The molecule has 1 nitrogen and oxygen atoms in total. The van der Waals surface area contributed by atoms with Crippen molar-refractivity contribution in [3.8, 4) is 0 Å². The summed E-state index contributed by atoms with van der Waals surface area (Å²) in [6, 6.07) is 10.6. The van der Waals surface area contributed by atoms with Crippen molar-refractivity contribution in [2.24, 2.45) is 5.92 Å². The minimum absolute atomic E-state index is 0.419. The normalized spacial score (nSPS) is 13.8. The number of hydrogen-bond donors (Lipinski definition) is 0. The first-order valence-electron chi connectivity index (χ1n) is 7.49. The highest BCUT2D eigenvalue weighted by Gasteiger charge is 2.16. The largest absolute Gasteiger partial charge is 0.303 e. The van der Waals surface area contributed by atoms with E-state index in [1.54, 1.807) is 0 Å². The smallest absolute Gasteiger partial charge is 0.120 e. The van der Waals surface area contributed by atoms with Crippen LogP contribution in [-0.2, 0) is 4.79 Å². The number of benzene rings is 1. The molecule has 0 saturated heterocycles. The Balaban J connectivity index is 3.18. The van der Waals surface area contributed by atoms with Crippen molar-refractivity contribution in [2.75, 3.05) is 0 Å². The summed E-state index contributed by atoms with van der Waals surface area (Å²) in [5, 5.41) is 0. The van der Waals surface area contributed by atoms with Crippen LogP contribution in [0.15, 0.2) is 35.9 Å². The molecule has 0 amide bonds. The molecule has 1 aromatic rings. The molecule has 0 aliphatic carbocycles. The van der Waals surface area contributed by atoms with Crippen molar-refractivity contribution in [2.45, 2.75) is 52.9 Å². The molecule has 0 aromatic heterocycles. The van der Waals surface area contributed by atoms with Crippen LogP contribution in [0.1, 0.15) is 58.4 Å². The lowest BCUT2D eigenvalue weighted by Crippen LogP contribution is -2.07. The van der Waals surface area contributed by atoms with Gasteiger partial charge in [-0.15, -0.1) is 0 Å². The Labute approximate surface area is 117 Å². The molecule has 1 atom stereocenters. The number of allylic oxidation sites excluding steroid dienone is 2. The van der Waals surface area contributed by atoms with Crippen LogP contribution in [-0.4, -0.2) is 6.29 Å². The number of hydrogen-bond acceptors (Lipinski definition) is 1. The minimum Gasteiger partial charge on any atom is -0.303 e. The molecule has 104 valence electrons. The Kier molecular flexibility index (Phi) is 7.17. The van der Waals surface area contributed by atoms with Gasteiger partial charge >= 0.3 is 0 Å². The van der Waals surface area contributed by atoms with Crippen molar-refractivity contribution >= 4 is 11.9 Å². The molecule has 1 rings (SSSR count). The summed E-state index contributed by atoms with van der Waals surface area (Å²) in [4.78, 5) is 10.9. The molecule has 0 fully saturated rings. The SMILES string of the molecule is CCCC(CC=O)/C(CC)=C(\CC)c1ccccc1. The third kappa shape index (κ3) is 4.34. The van der Waals surface area contributed by atoms with Crippen LogP contribution >= 0.6 is 0 Å². The topological polar surface area (TPSA) is 17.1 Å². The molecule has 0 N–H and O–H groups in total. The standard InChI is InChI=1S/C18H26O/c1-4-10-15(13-14-19)17(5-2)18(6-3)16-11-8-7-9-12-16/h7-9,11-12,14-15H,4-6,10,13H2,1-3H3/b18-17+. The van der Waals surface area contributed by atoms with Gasteiger partial charge in [-0.05, 0) is 36.3 Å². The number of rotatable bonds is 8. The van der Waals surface area contributed by atoms with Crippen molar-refractivity contribution in [3.05, 3.63) is 41.5 Å². The Hall–Kier alpha value is -1.37. The van der Waals surface area contributed by atoms with E-state index in [4.69, 9.17) is 0 Å². The fraction of sp³-hybridized carbons (Fsp3) is 0.500. The first kappa shape index (κ1) is 15.7. The molecular formula is C18H26O. The van der Waals surface area contributed by atoms with Gasteiger partial charge in [-0.2, -0.15) is 0 Å². The molecule has 0 aliphatic heterocycles. The van der Waals surface area contributed by atoms with Crippen LogP contribution in [0.2, 0.25) is 0 Å². The molecule has 1 aromatic carbocycles. The summed E-state index contributed by atoms with van der Waals surface area (Å²) in [5.74, 6) is 0.419.